The van der Waals surface area contributed by atoms with Crippen LogP contribution in [0.15, 0.2) is 18.3 Å². The lowest BCUT2D eigenvalue weighted by atomic mass is 10.1. The average molecular weight is 217 g/mol. The molecule has 16 heavy (non-hydrogen) atoms. The Hall–Kier alpha value is -2.17. The molecule has 0 aliphatic rings. The maximum atomic E-state index is 10.8. The largest absolute Gasteiger partial charge is 0.477 e. The number of aryl methyl sites for hydroxylation is 2. The predicted molar refractivity (Wildman–Crippen MR) is 58.3 cm³/mol. The highest BCUT2D eigenvalue weighted by molar-refractivity contribution is 5.87. The first-order chi connectivity index (χ1) is 7.59. The number of carboxylic acid groups (broad SMARTS) is 1. The van der Waals surface area contributed by atoms with Gasteiger partial charge in [0.05, 0.1) is 11.9 Å². The molecule has 2 rings (SSSR count). The van der Waals surface area contributed by atoms with E-state index < -0.39 is 5.97 Å². The molecule has 0 aromatic carbocycles. The second-order valence-corrected chi connectivity index (χ2v) is 3.58. The molecule has 0 spiro atoms. The molecule has 5 heteroatoms. The number of aromatic carboxylic acids is 1. The zero-order valence-electron chi connectivity index (χ0n) is 8.98. The standard InChI is InChI=1S/C11H11N3O2/c1-6-5-12-14-7(2)10(6)8-3-4-9(13-8)11(15)16/h3-5,13H,1-2H3,(H,15,16). The van der Waals surface area contributed by atoms with E-state index in [1.165, 1.54) is 6.07 Å². The van der Waals surface area contributed by atoms with Crippen LogP contribution < -0.4 is 0 Å². The summed E-state index contributed by atoms with van der Waals surface area (Å²) in [5.41, 5.74) is 3.57. The number of carbonyl (C=O) groups is 1. The first kappa shape index (κ1) is 10.4. The topological polar surface area (TPSA) is 78.9 Å². The van der Waals surface area contributed by atoms with Crippen LogP contribution in [-0.2, 0) is 0 Å². The van der Waals surface area contributed by atoms with E-state index in [2.05, 4.69) is 15.2 Å². The van der Waals surface area contributed by atoms with Crippen molar-refractivity contribution in [3.05, 3.63) is 35.3 Å². The number of nitrogens with zero attached hydrogens (tertiary/aromatic N) is 2. The molecule has 2 N–H and O–H groups in total. The third-order valence-corrected chi connectivity index (χ3v) is 2.40. The lowest BCUT2D eigenvalue weighted by molar-refractivity contribution is 0.0691. The van der Waals surface area contributed by atoms with E-state index in [-0.39, 0.29) is 5.69 Å². The third kappa shape index (κ3) is 1.67. The Morgan fingerprint density at radius 2 is 2.12 bits per heavy atom. The summed E-state index contributed by atoms with van der Waals surface area (Å²) in [5.74, 6) is -0.969. The molecule has 0 aliphatic heterocycles. The van der Waals surface area contributed by atoms with E-state index in [0.29, 0.717) is 0 Å². The number of hydrogen-bond donors (Lipinski definition) is 2. The molecular weight excluding hydrogens is 206 g/mol. The summed E-state index contributed by atoms with van der Waals surface area (Å²) >= 11 is 0. The number of nitrogens with one attached hydrogen (secondary N) is 1. The summed E-state index contributed by atoms with van der Waals surface area (Å²) in [5, 5.41) is 16.6. The molecule has 0 bridgehead atoms. The minimum Gasteiger partial charge on any atom is -0.477 e. The minimum atomic E-state index is -0.969. The summed E-state index contributed by atoms with van der Waals surface area (Å²) in [4.78, 5) is 13.6. The van der Waals surface area contributed by atoms with Gasteiger partial charge in [-0.3, -0.25) is 0 Å². The normalized spacial score (nSPS) is 10.4. The van der Waals surface area contributed by atoms with E-state index in [1.54, 1.807) is 12.3 Å². The first-order valence-electron chi connectivity index (χ1n) is 4.81. The van der Waals surface area contributed by atoms with Crippen LogP contribution in [0, 0.1) is 13.8 Å². The zero-order chi connectivity index (χ0) is 11.7. The smallest absolute Gasteiger partial charge is 0.352 e. The number of carboxylic acids is 1. The van der Waals surface area contributed by atoms with Crippen molar-refractivity contribution in [2.45, 2.75) is 13.8 Å². The van der Waals surface area contributed by atoms with E-state index in [1.807, 2.05) is 13.8 Å². The van der Waals surface area contributed by atoms with Gasteiger partial charge in [0.25, 0.3) is 0 Å². The maximum Gasteiger partial charge on any atom is 0.352 e. The van der Waals surface area contributed by atoms with Gasteiger partial charge in [0.2, 0.25) is 0 Å². The predicted octanol–water partition coefficient (Wildman–Crippen LogP) is 1.79. The Kier molecular flexibility index (Phi) is 2.44. The summed E-state index contributed by atoms with van der Waals surface area (Å²) in [6, 6.07) is 3.28. The van der Waals surface area contributed by atoms with Crippen molar-refractivity contribution >= 4 is 5.97 Å². The highest BCUT2D eigenvalue weighted by Crippen LogP contribution is 2.24. The van der Waals surface area contributed by atoms with Crippen LogP contribution in [0.5, 0.6) is 0 Å². The third-order valence-electron chi connectivity index (χ3n) is 2.40. The van der Waals surface area contributed by atoms with Crippen LogP contribution in [0.1, 0.15) is 21.7 Å². The van der Waals surface area contributed by atoms with Crippen LogP contribution in [0.4, 0.5) is 0 Å². The monoisotopic (exact) mass is 217 g/mol. The lowest BCUT2D eigenvalue weighted by Gasteiger charge is -2.05. The molecule has 0 unspecified atom stereocenters. The van der Waals surface area contributed by atoms with Gasteiger partial charge in [-0.2, -0.15) is 10.2 Å². The zero-order valence-corrected chi connectivity index (χ0v) is 8.98. The summed E-state index contributed by atoms with van der Waals surface area (Å²) < 4.78 is 0. The van der Waals surface area contributed by atoms with Gasteiger partial charge in [-0.1, -0.05) is 0 Å². The number of hydrogen-bond acceptors (Lipinski definition) is 3. The van der Waals surface area contributed by atoms with Crippen molar-refractivity contribution in [1.29, 1.82) is 0 Å². The fourth-order valence-corrected chi connectivity index (χ4v) is 1.67. The molecule has 0 aliphatic carbocycles. The van der Waals surface area contributed by atoms with Crippen LogP contribution in [0.3, 0.4) is 0 Å². The minimum absolute atomic E-state index is 0.172. The fourth-order valence-electron chi connectivity index (χ4n) is 1.67. The van der Waals surface area contributed by atoms with Gasteiger partial charge in [0.1, 0.15) is 5.69 Å². The van der Waals surface area contributed by atoms with Crippen molar-refractivity contribution in [2.24, 2.45) is 0 Å². The quantitative estimate of drug-likeness (QED) is 0.803. The van der Waals surface area contributed by atoms with Crippen molar-refractivity contribution in [3.63, 3.8) is 0 Å². The van der Waals surface area contributed by atoms with E-state index >= 15 is 0 Å². The lowest BCUT2D eigenvalue weighted by Crippen LogP contribution is -1.98. The summed E-state index contributed by atoms with van der Waals surface area (Å²) in [6.07, 6.45) is 1.66. The number of rotatable bonds is 2. The van der Waals surface area contributed by atoms with Gasteiger partial charge in [-0.15, -0.1) is 0 Å². The van der Waals surface area contributed by atoms with E-state index in [9.17, 15) is 4.79 Å². The average Bonchev–Trinajstić information content (AvgIpc) is 2.66. The fraction of sp³-hybridized carbons (Fsp3) is 0.182. The van der Waals surface area contributed by atoms with Gasteiger partial charge in [-0.05, 0) is 31.5 Å². The van der Waals surface area contributed by atoms with Crippen molar-refractivity contribution in [1.82, 2.24) is 15.2 Å². The number of aromatic nitrogens is 3. The molecule has 0 radical (unpaired) electrons. The molecule has 2 aromatic heterocycles. The molecule has 0 amide bonds. The first-order valence-corrected chi connectivity index (χ1v) is 4.81. The molecule has 2 aromatic rings. The molecule has 0 saturated heterocycles. The SMILES string of the molecule is Cc1cnnc(C)c1-c1ccc(C(=O)O)[nH]1. The Bertz CT molecular complexity index is 526. The van der Waals surface area contributed by atoms with Crippen LogP contribution in [0.25, 0.3) is 11.3 Å². The Morgan fingerprint density at radius 3 is 2.69 bits per heavy atom. The van der Waals surface area contributed by atoms with Crippen LogP contribution in [0.2, 0.25) is 0 Å². The molecule has 0 fully saturated rings. The molecule has 0 saturated carbocycles. The maximum absolute atomic E-state index is 10.8. The summed E-state index contributed by atoms with van der Waals surface area (Å²) in [7, 11) is 0. The molecule has 5 nitrogen and oxygen atoms in total. The van der Waals surface area contributed by atoms with Crippen molar-refractivity contribution < 1.29 is 9.90 Å². The highest BCUT2D eigenvalue weighted by atomic mass is 16.4. The van der Waals surface area contributed by atoms with Gasteiger partial charge >= 0.3 is 5.97 Å². The number of aromatic amines is 1. The van der Waals surface area contributed by atoms with E-state index in [4.69, 9.17) is 5.11 Å². The van der Waals surface area contributed by atoms with Crippen LogP contribution >= 0.6 is 0 Å². The van der Waals surface area contributed by atoms with E-state index in [0.717, 1.165) is 22.5 Å². The molecule has 0 atom stereocenters. The Morgan fingerprint density at radius 1 is 1.38 bits per heavy atom. The van der Waals surface area contributed by atoms with Gasteiger partial charge in [0.15, 0.2) is 0 Å². The molecule has 2 heterocycles. The molecular formula is C11H11N3O2. The van der Waals surface area contributed by atoms with Gasteiger partial charge in [0, 0.05) is 11.3 Å². The second-order valence-electron chi connectivity index (χ2n) is 3.58. The van der Waals surface area contributed by atoms with Crippen LogP contribution in [-0.4, -0.2) is 26.3 Å². The van der Waals surface area contributed by atoms with Gasteiger partial charge < -0.3 is 10.1 Å². The Labute approximate surface area is 92.2 Å². The number of H-pyrrole nitrogens is 1. The molecule has 82 valence electrons. The van der Waals surface area contributed by atoms with Gasteiger partial charge in [-0.25, -0.2) is 4.79 Å². The summed E-state index contributed by atoms with van der Waals surface area (Å²) in [6.45, 7) is 3.76. The Balaban J connectivity index is 2.54. The van der Waals surface area contributed by atoms with Crippen molar-refractivity contribution in [3.8, 4) is 11.3 Å². The second kappa shape index (κ2) is 3.77. The highest BCUT2D eigenvalue weighted by Gasteiger charge is 2.11. The van der Waals surface area contributed by atoms with Crippen molar-refractivity contribution in [2.75, 3.05) is 0 Å².